The second-order valence-electron chi connectivity index (χ2n) is 5.00. The number of hydrogen-bond donors (Lipinski definition) is 1. The Morgan fingerprint density at radius 2 is 2.09 bits per heavy atom. The summed E-state index contributed by atoms with van der Waals surface area (Å²) in [5.74, 6) is 0.566. The van der Waals surface area contributed by atoms with E-state index in [1.165, 1.54) is 0 Å². The smallest absolute Gasteiger partial charge is 0.317 e. The van der Waals surface area contributed by atoms with Crippen molar-refractivity contribution in [3.05, 3.63) is 54.4 Å². The Balaban J connectivity index is 2.14. The highest BCUT2D eigenvalue weighted by atomic mass is 16.5. The maximum absolute atomic E-state index is 11.0. The van der Waals surface area contributed by atoms with E-state index in [1.807, 2.05) is 48.2 Å². The van der Waals surface area contributed by atoms with Crippen molar-refractivity contribution in [3.63, 3.8) is 0 Å². The van der Waals surface area contributed by atoms with Crippen LogP contribution in [0.2, 0.25) is 0 Å². The maximum Gasteiger partial charge on any atom is 0.317 e. The molecule has 5 nitrogen and oxygen atoms in total. The predicted molar refractivity (Wildman–Crippen MR) is 84.0 cm³/mol. The third-order valence-electron chi connectivity index (χ3n) is 3.13. The maximum atomic E-state index is 11.0. The standard InChI is InChI=1S/C17H20N2O3/c1-2-10-19(13-17(20)21)12-14-6-3-4-8-16(14)22-15-7-5-9-18-11-15/h3-9,11H,2,10,12-13H2,1H3,(H,20,21). The molecule has 116 valence electrons. The molecule has 2 aromatic rings. The Bertz CT molecular complexity index is 602. The predicted octanol–water partition coefficient (Wildman–Crippen LogP) is 3.17. The van der Waals surface area contributed by atoms with Gasteiger partial charge in [0.25, 0.3) is 0 Å². The number of carbonyl (C=O) groups is 1. The van der Waals surface area contributed by atoms with Gasteiger partial charge in [0, 0.05) is 18.3 Å². The summed E-state index contributed by atoms with van der Waals surface area (Å²) >= 11 is 0. The van der Waals surface area contributed by atoms with Crippen LogP contribution in [0.5, 0.6) is 11.5 Å². The van der Waals surface area contributed by atoms with E-state index in [9.17, 15) is 4.79 Å². The summed E-state index contributed by atoms with van der Waals surface area (Å²) < 4.78 is 5.86. The first-order valence-electron chi connectivity index (χ1n) is 7.29. The number of pyridine rings is 1. The van der Waals surface area contributed by atoms with Crippen molar-refractivity contribution in [2.24, 2.45) is 0 Å². The molecule has 0 saturated carbocycles. The zero-order valence-corrected chi connectivity index (χ0v) is 12.6. The number of aliphatic carboxylic acids is 1. The second-order valence-corrected chi connectivity index (χ2v) is 5.00. The molecule has 0 saturated heterocycles. The van der Waals surface area contributed by atoms with Crippen LogP contribution < -0.4 is 4.74 Å². The molecule has 1 N–H and O–H groups in total. The molecular formula is C17H20N2O3. The van der Waals surface area contributed by atoms with Gasteiger partial charge in [-0.1, -0.05) is 25.1 Å². The third-order valence-corrected chi connectivity index (χ3v) is 3.13. The Labute approximate surface area is 130 Å². The van der Waals surface area contributed by atoms with Crippen molar-refractivity contribution in [1.29, 1.82) is 0 Å². The van der Waals surface area contributed by atoms with Gasteiger partial charge in [0.05, 0.1) is 12.7 Å². The van der Waals surface area contributed by atoms with Crippen molar-refractivity contribution in [2.75, 3.05) is 13.1 Å². The van der Waals surface area contributed by atoms with Gasteiger partial charge in [-0.05, 0) is 31.2 Å². The SMILES string of the molecule is CCCN(CC(=O)O)Cc1ccccc1Oc1cccnc1. The Morgan fingerprint density at radius 1 is 1.27 bits per heavy atom. The van der Waals surface area contributed by atoms with Gasteiger partial charge in [-0.25, -0.2) is 0 Å². The van der Waals surface area contributed by atoms with Crippen molar-refractivity contribution in [1.82, 2.24) is 9.88 Å². The lowest BCUT2D eigenvalue weighted by Gasteiger charge is -2.21. The number of aromatic nitrogens is 1. The molecule has 0 aliphatic carbocycles. The average molecular weight is 300 g/mol. The van der Waals surface area contributed by atoms with Crippen molar-refractivity contribution in [2.45, 2.75) is 19.9 Å². The van der Waals surface area contributed by atoms with Gasteiger partial charge in [0.2, 0.25) is 0 Å². The topological polar surface area (TPSA) is 62.7 Å². The monoisotopic (exact) mass is 300 g/mol. The fraction of sp³-hybridized carbons (Fsp3) is 0.294. The minimum Gasteiger partial charge on any atom is -0.480 e. The summed E-state index contributed by atoms with van der Waals surface area (Å²) in [7, 11) is 0. The molecular weight excluding hydrogens is 280 g/mol. The molecule has 0 atom stereocenters. The van der Waals surface area contributed by atoms with Gasteiger partial charge >= 0.3 is 5.97 Å². The molecule has 0 amide bonds. The van der Waals surface area contributed by atoms with Crippen molar-refractivity contribution < 1.29 is 14.6 Å². The number of para-hydroxylation sites is 1. The quantitative estimate of drug-likeness (QED) is 0.811. The van der Waals surface area contributed by atoms with Crippen LogP contribution in [0.1, 0.15) is 18.9 Å². The summed E-state index contributed by atoms with van der Waals surface area (Å²) in [6.45, 7) is 3.33. The first-order chi connectivity index (χ1) is 10.7. The molecule has 0 unspecified atom stereocenters. The summed E-state index contributed by atoms with van der Waals surface area (Å²) in [6.07, 6.45) is 4.24. The van der Waals surface area contributed by atoms with E-state index in [2.05, 4.69) is 4.98 Å². The van der Waals surface area contributed by atoms with Crippen LogP contribution in [-0.2, 0) is 11.3 Å². The van der Waals surface area contributed by atoms with Crippen LogP contribution in [0.15, 0.2) is 48.8 Å². The molecule has 1 aromatic carbocycles. The molecule has 5 heteroatoms. The molecule has 0 fully saturated rings. The fourth-order valence-corrected chi connectivity index (χ4v) is 2.23. The van der Waals surface area contributed by atoms with Gasteiger partial charge in [0.1, 0.15) is 11.5 Å². The number of hydrogen-bond acceptors (Lipinski definition) is 4. The van der Waals surface area contributed by atoms with E-state index < -0.39 is 5.97 Å². The van der Waals surface area contributed by atoms with Crippen LogP contribution in [0.3, 0.4) is 0 Å². The summed E-state index contributed by atoms with van der Waals surface area (Å²) in [5.41, 5.74) is 0.959. The lowest BCUT2D eigenvalue weighted by atomic mass is 10.2. The average Bonchev–Trinajstić information content (AvgIpc) is 2.50. The van der Waals surface area contributed by atoms with Crippen LogP contribution in [0.4, 0.5) is 0 Å². The molecule has 1 aromatic heterocycles. The second kappa shape index (κ2) is 8.14. The number of rotatable bonds is 8. The van der Waals surface area contributed by atoms with Crippen LogP contribution in [0, 0.1) is 0 Å². The van der Waals surface area contributed by atoms with Gasteiger partial charge in [0.15, 0.2) is 0 Å². The molecule has 0 aliphatic rings. The number of ether oxygens (including phenoxy) is 1. The molecule has 2 rings (SSSR count). The van der Waals surface area contributed by atoms with Crippen LogP contribution in [-0.4, -0.2) is 34.0 Å². The summed E-state index contributed by atoms with van der Waals surface area (Å²) in [5, 5.41) is 9.01. The highest BCUT2D eigenvalue weighted by Gasteiger charge is 2.12. The van der Waals surface area contributed by atoms with Crippen molar-refractivity contribution in [3.8, 4) is 11.5 Å². The zero-order valence-electron chi connectivity index (χ0n) is 12.6. The molecule has 0 aliphatic heterocycles. The van der Waals surface area contributed by atoms with Gasteiger partial charge in [-0.3, -0.25) is 14.7 Å². The Morgan fingerprint density at radius 3 is 2.77 bits per heavy atom. The molecule has 0 spiro atoms. The Kier molecular flexibility index (Phi) is 5.91. The van der Waals surface area contributed by atoms with E-state index in [0.717, 1.165) is 24.3 Å². The highest BCUT2D eigenvalue weighted by molar-refractivity contribution is 5.69. The van der Waals surface area contributed by atoms with E-state index in [-0.39, 0.29) is 6.54 Å². The minimum absolute atomic E-state index is 0.0229. The molecule has 1 heterocycles. The minimum atomic E-state index is -0.820. The van der Waals surface area contributed by atoms with Gasteiger partial charge < -0.3 is 9.84 Å². The molecule has 0 radical (unpaired) electrons. The summed E-state index contributed by atoms with van der Waals surface area (Å²) in [6, 6.07) is 11.3. The fourth-order valence-electron chi connectivity index (χ4n) is 2.23. The lowest BCUT2D eigenvalue weighted by Crippen LogP contribution is -2.30. The first kappa shape index (κ1) is 16.0. The highest BCUT2D eigenvalue weighted by Crippen LogP contribution is 2.25. The number of nitrogens with zero attached hydrogens (tertiary/aromatic N) is 2. The van der Waals surface area contributed by atoms with E-state index in [0.29, 0.717) is 12.3 Å². The first-order valence-corrected chi connectivity index (χ1v) is 7.29. The summed E-state index contributed by atoms with van der Waals surface area (Å²) in [4.78, 5) is 16.9. The van der Waals surface area contributed by atoms with Crippen molar-refractivity contribution >= 4 is 5.97 Å². The number of carboxylic acids is 1. The van der Waals surface area contributed by atoms with E-state index in [1.54, 1.807) is 12.4 Å². The van der Waals surface area contributed by atoms with Crippen LogP contribution in [0.25, 0.3) is 0 Å². The van der Waals surface area contributed by atoms with Gasteiger partial charge in [-0.2, -0.15) is 0 Å². The normalized spacial score (nSPS) is 10.6. The van der Waals surface area contributed by atoms with E-state index >= 15 is 0 Å². The van der Waals surface area contributed by atoms with E-state index in [4.69, 9.17) is 9.84 Å². The van der Waals surface area contributed by atoms with Crippen LogP contribution >= 0.6 is 0 Å². The third kappa shape index (κ3) is 4.86. The number of carboxylic acid groups (broad SMARTS) is 1. The molecule has 22 heavy (non-hydrogen) atoms. The van der Waals surface area contributed by atoms with Gasteiger partial charge in [-0.15, -0.1) is 0 Å². The largest absolute Gasteiger partial charge is 0.480 e. The Hall–Kier alpha value is -2.40. The number of benzene rings is 1. The lowest BCUT2D eigenvalue weighted by molar-refractivity contribution is -0.138. The zero-order chi connectivity index (χ0) is 15.8. The molecule has 0 bridgehead atoms.